The summed E-state index contributed by atoms with van der Waals surface area (Å²) in [6, 6.07) is 15.2. The minimum atomic E-state index is -1.59. The van der Waals surface area contributed by atoms with Crippen molar-refractivity contribution in [1.82, 2.24) is 0 Å². The number of anilines is 1. The van der Waals surface area contributed by atoms with E-state index in [4.69, 9.17) is 21.1 Å². The van der Waals surface area contributed by atoms with Gasteiger partial charge in [-0.25, -0.2) is 4.72 Å². The molecule has 0 radical (unpaired) electrons. The molecule has 3 aromatic rings. The minimum Gasteiger partial charge on any atom is -0.588 e. The largest absolute Gasteiger partial charge is 0.588 e. The number of rotatable bonds is 7. The Balaban J connectivity index is 1.86. The number of fused-ring (bicyclic) bond motifs is 1. The lowest BCUT2D eigenvalue weighted by Crippen LogP contribution is -2.25. The normalized spacial score (nSPS) is 15.0. The van der Waals surface area contributed by atoms with Crippen LogP contribution in [0.3, 0.4) is 0 Å². The number of hydrogen-bond acceptors (Lipinski definition) is 5. The third kappa shape index (κ3) is 5.73. The van der Waals surface area contributed by atoms with E-state index in [1.807, 2.05) is 52.8 Å². The minimum absolute atomic E-state index is 0.424. The number of halogens is 1. The number of carbonyl (C=O) groups excluding carboxylic acids is 1. The van der Waals surface area contributed by atoms with Crippen molar-refractivity contribution >= 4 is 34.9 Å². The van der Waals surface area contributed by atoms with Crippen LogP contribution >= 0.6 is 11.6 Å². The number of ether oxygens (including phenoxy) is 2. The highest BCUT2D eigenvalue weighted by Crippen LogP contribution is 2.42. The molecule has 0 saturated carbocycles. The summed E-state index contributed by atoms with van der Waals surface area (Å²) in [4.78, 5) is 12.9. The summed E-state index contributed by atoms with van der Waals surface area (Å²) in [6.07, 6.45) is 1.96. The van der Waals surface area contributed by atoms with Crippen LogP contribution in [0.5, 0.6) is 5.75 Å². The van der Waals surface area contributed by atoms with Gasteiger partial charge in [0.2, 0.25) is 0 Å². The van der Waals surface area contributed by atoms with Crippen molar-refractivity contribution in [2.24, 2.45) is 0 Å². The Kier molecular flexibility index (Phi) is 8.00. The zero-order valence-corrected chi connectivity index (χ0v) is 22.9. The van der Waals surface area contributed by atoms with Gasteiger partial charge in [-0.2, -0.15) is 0 Å². The summed E-state index contributed by atoms with van der Waals surface area (Å²) >= 11 is 4.70. The van der Waals surface area contributed by atoms with Crippen LogP contribution in [0.4, 0.5) is 5.69 Å². The van der Waals surface area contributed by atoms with Crippen LogP contribution in [0.1, 0.15) is 55.5 Å². The number of aryl methyl sites for hydroxylation is 2. The second-order valence-corrected chi connectivity index (χ2v) is 11.6. The molecule has 1 heterocycles. The first-order chi connectivity index (χ1) is 17.1. The summed E-state index contributed by atoms with van der Waals surface area (Å²) in [5, 5.41) is 0.424. The number of carbonyl (C=O) groups is 1. The first-order valence-electron chi connectivity index (χ1n) is 12.1. The maximum Gasteiger partial charge on any atom is 0.198 e. The van der Waals surface area contributed by atoms with Gasteiger partial charge in [0.25, 0.3) is 0 Å². The molecule has 7 heteroatoms. The average molecular weight is 526 g/mol. The second-order valence-electron chi connectivity index (χ2n) is 10.0. The number of nitrogens with one attached hydrogen (secondary N) is 1. The molecular formula is C29H32ClNO4S. The van der Waals surface area contributed by atoms with Gasteiger partial charge in [-0.1, -0.05) is 29.8 Å². The molecule has 0 aliphatic carbocycles. The molecule has 0 saturated heterocycles. The van der Waals surface area contributed by atoms with E-state index in [1.165, 1.54) is 0 Å². The van der Waals surface area contributed by atoms with Gasteiger partial charge in [0.15, 0.2) is 11.2 Å². The maximum atomic E-state index is 13.2. The quantitative estimate of drug-likeness (QED) is 0.262. The molecular weight excluding hydrogens is 494 g/mol. The fourth-order valence-corrected chi connectivity index (χ4v) is 5.90. The van der Waals surface area contributed by atoms with Crippen LogP contribution in [0.2, 0.25) is 5.02 Å². The Hall–Kier alpha value is -2.51. The predicted octanol–water partition coefficient (Wildman–Crippen LogP) is 7.14. The van der Waals surface area contributed by atoms with Crippen molar-refractivity contribution in [1.29, 1.82) is 0 Å². The van der Waals surface area contributed by atoms with Crippen molar-refractivity contribution in [3.05, 3.63) is 75.8 Å². The molecule has 1 aliphatic rings. The van der Waals surface area contributed by atoms with E-state index in [0.29, 0.717) is 15.6 Å². The zero-order chi connectivity index (χ0) is 26.0. The highest BCUT2D eigenvalue weighted by Gasteiger charge is 2.29. The van der Waals surface area contributed by atoms with Crippen LogP contribution in [0.15, 0.2) is 53.4 Å². The number of hydrogen-bond donors (Lipinski definition) is 1. The van der Waals surface area contributed by atoms with E-state index >= 15 is 0 Å². The Labute approximate surface area is 221 Å². The van der Waals surface area contributed by atoms with Gasteiger partial charge >= 0.3 is 0 Å². The lowest BCUT2D eigenvalue weighted by molar-refractivity contribution is -0.128. The molecule has 1 aliphatic heterocycles. The molecule has 190 valence electrons. The molecule has 5 nitrogen and oxygen atoms in total. The molecule has 0 bridgehead atoms. The number of benzene rings is 3. The van der Waals surface area contributed by atoms with Crippen LogP contribution in [-0.4, -0.2) is 23.0 Å². The van der Waals surface area contributed by atoms with Gasteiger partial charge in [-0.05, 0) is 106 Å². The smallest absolute Gasteiger partial charge is 0.198 e. The van der Waals surface area contributed by atoms with Gasteiger partial charge in [-0.15, -0.1) is 0 Å². The summed E-state index contributed by atoms with van der Waals surface area (Å²) < 4.78 is 28.4. The SMILES string of the molecule is Cc1cc(N[S+]([O-])c2ccccc2Cl)c(C)c(C(C=O)OC(C)(C)C)c1-c1ccc2c(c1)CCCO2. The van der Waals surface area contributed by atoms with Crippen LogP contribution < -0.4 is 9.46 Å². The Morgan fingerprint density at radius 2 is 1.92 bits per heavy atom. The van der Waals surface area contributed by atoms with Crippen LogP contribution in [0, 0.1) is 13.8 Å². The fourth-order valence-electron chi connectivity index (χ4n) is 4.59. The molecule has 1 N–H and O–H groups in total. The van der Waals surface area contributed by atoms with E-state index < -0.39 is 23.1 Å². The molecule has 0 aromatic heterocycles. The highest BCUT2D eigenvalue weighted by molar-refractivity contribution is 7.92. The molecule has 2 unspecified atom stereocenters. The maximum absolute atomic E-state index is 13.2. The van der Waals surface area contributed by atoms with Crippen LogP contribution in [0.25, 0.3) is 11.1 Å². The third-order valence-electron chi connectivity index (χ3n) is 6.16. The first-order valence-corrected chi connectivity index (χ1v) is 13.6. The van der Waals surface area contributed by atoms with Crippen molar-refractivity contribution in [3.63, 3.8) is 0 Å². The van der Waals surface area contributed by atoms with E-state index in [-0.39, 0.29) is 0 Å². The molecule has 2 atom stereocenters. The topological polar surface area (TPSA) is 70.6 Å². The summed E-state index contributed by atoms with van der Waals surface area (Å²) in [5.74, 6) is 0.909. The van der Waals surface area contributed by atoms with Gasteiger partial charge in [0, 0.05) is 5.56 Å². The van der Waals surface area contributed by atoms with Crippen molar-refractivity contribution in [2.45, 2.75) is 64.1 Å². The van der Waals surface area contributed by atoms with Gasteiger partial charge in [0.05, 0.1) is 22.9 Å². The van der Waals surface area contributed by atoms with Crippen LogP contribution in [-0.2, 0) is 27.3 Å². The van der Waals surface area contributed by atoms with E-state index in [0.717, 1.165) is 64.9 Å². The van der Waals surface area contributed by atoms with Crippen molar-refractivity contribution in [2.75, 3.05) is 11.3 Å². The molecule has 0 spiro atoms. The second kappa shape index (κ2) is 10.9. The van der Waals surface area contributed by atoms with E-state index in [2.05, 4.69) is 10.8 Å². The van der Waals surface area contributed by atoms with Gasteiger partial charge in [0.1, 0.15) is 23.2 Å². The molecule has 4 rings (SSSR count). The predicted molar refractivity (Wildman–Crippen MR) is 146 cm³/mol. The molecule has 0 fully saturated rings. The lowest BCUT2D eigenvalue weighted by atomic mass is 9.86. The fraction of sp³-hybridized carbons (Fsp3) is 0.345. The highest BCUT2D eigenvalue weighted by atomic mass is 35.5. The third-order valence-corrected chi connectivity index (χ3v) is 7.76. The van der Waals surface area contributed by atoms with Crippen molar-refractivity contribution < 1.29 is 18.8 Å². The summed E-state index contributed by atoms with van der Waals surface area (Å²) in [5.41, 5.74) is 5.71. The van der Waals surface area contributed by atoms with E-state index in [1.54, 1.807) is 24.3 Å². The van der Waals surface area contributed by atoms with Gasteiger partial charge in [-0.3, -0.25) is 0 Å². The summed E-state index contributed by atoms with van der Waals surface area (Å²) in [7, 11) is 0. The van der Waals surface area contributed by atoms with Gasteiger partial charge < -0.3 is 18.8 Å². The first kappa shape index (κ1) is 26.6. The zero-order valence-electron chi connectivity index (χ0n) is 21.3. The number of aldehydes is 1. The Bertz CT molecular complexity index is 1270. The molecule has 0 amide bonds. The average Bonchev–Trinajstić information content (AvgIpc) is 2.84. The summed E-state index contributed by atoms with van der Waals surface area (Å²) in [6.45, 7) is 10.4. The van der Waals surface area contributed by atoms with Crippen molar-refractivity contribution in [3.8, 4) is 16.9 Å². The molecule has 3 aromatic carbocycles. The molecule has 36 heavy (non-hydrogen) atoms. The van der Waals surface area contributed by atoms with E-state index in [9.17, 15) is 9.35 Å². The monoisotopic (exact) mass is 525 g/mol. The lowest BCUT2D eigenvalue weighted by Gasteiger charge is -2.29. The Morgan fingerprint density at radius 3 is 2.61 bits per heavy atom. The Morgan fingerprint density at radius 1 is 1.17 bits per heavy atom. The standard InChI is InChI=1S/C29H32ClNO4S/c1-18-15-23(31-36(33)26-11-7-6-10-22(26)30)19(2)28(25(17-32)35-29(3,4)5)27(18)21-12-13-24-20(16-21)9-8-14-34-24/h6-7,10-13,15-17,25,31H,8-9,14H2,1-5H3.